The molecule has 4 heteroatoms. The topological polar surface area (TPSA) is 40.5 Å². The molecule has 2 rings (SSSR count). The van der Waals surface area contributed by atoms with E-state index in [-0.39, 0.29) is 16.7 Å². The molecule has 98 valence electrons. The Bertz CT molecular complexity index is 459. The van der Waals surface area contributed by atoms with Crippen LogP contribution in [0, 0.1) is 5.92 Å². The number of carbonyl (C=O) groups is 1. The zero-order chi connectivity index (χ0) is 13.3. The van der Waals surface area contributed by atoms with E-state index in [2.05, 4.69) is 13.8 Å². The van der Waals surface area contributed by atoms with Crippen LogP contribution in [0.2, 0.25) is 5.02 Å². The van der Waals surface area contributed by atoms with Crippen molar-refractivity contribution in [1.29, 1.82) is 0 Å². The van der Waals surface area contributed by atoms with Crippen LogP contribution in [0.1, 0.15) is 37.0 Å². The number of hydrogen-bond donors (Lipinski definition) is 1. The van der Waals surface area contributed by atoms with Crippen molar-refractivity contribution in [2.45, 2.75) is 32.7 Å². The van der Waals surface area contributed by atoms with Crippen molar-refractivity contribution in [1.82, 2.24) is 4.90 Å². The van der Waals surface area contributed by atoms with Crippen molar-refractivity contribution in [3.8, 4) is 5.75 Å². The Morgan fingerprint density at radius 1 is 1.50 bits per heavy atom. The van der Waals surface area contributed by atoms with E-state index in [1.54, 1.807) is 6.07 Å². The third-order valence-corrected chi connectivity index (χ3v) is 3.83. The molecule has 3 nitrogen and oxygen atoms in total. The number of likely N-dealkylation sites (tertiary alicyclic amines) is 1. The van der Waals surface area contributed by atoms with Crippen LogP contribution in [0.15, 0.2) is 18.2 Å². The standard InChI is InChI=1S/C14H18ClNO2/c1-9(2)12-4-3-7-16(12)14(18)10-5-6-13(17)11(15)8-10/h5-6,8-9,12,17H,3-4,7H2,1-2H3. The van der Waals surface area contributed by atoms with E-state index in [4.69, 9.17) is 11.6 Å². The minimum absolute atomic E-state index is 0.00750. The molecule has 0 aliphatic carbocycles. The lowest BCUT2D eigenvalue weighted by molar-refractivity contribution is 0.0701. The Morgan fingerprint density at radius 2 is 2.22 bits per heavy atom. The van der Waals surface area contributed by atoms with Gasteiger partial charge in [0.25, 0.3) is 5.91 Å². The van der Waals surface area contributed by atoms with E-state index in [1.807, 2.05) is 4.90 Å². The van der Waals surface area contributed by atoms with Gasteiger partial charge in [-0.1, -0.05) is 25.4 Å². The molecule has 0 bridgehead atoms. The van der Waals surface area contributed by atoms with Gasteiger partial charge in [-0.05, 0) is 37.0 Å². The summed E-state index contributed by atoms with van der Waals surface area (Å²) in [6.45, 7) is 5.08. The van der Waals surface area contributed by atoms with Gasteiger partial charge in [0.2, 0.25) is 0 Å². The number of phenols is 1. The Hall–Kier alpha value is -1.22. The molecule has 1 fully saturated rings. The Labute approximate surface area is 112 Å². The highest BCUT2D eigenvalue weighted by Crippen LogP contribution is 2.28. The summed E-state index contributed by atoms with van der Waals surface area (Å²) in [6.07, 6.45) is 2.12. The lowest BCUT2D eigenvalue weighted by atomic mass is 10.0. The van der Waals surface area contributed by atoms with Gasteiger partial charge in [-0.15, -0.1) is 0 Å². The molecule has 1 unspecified atom stereocenters. The first-order chi connectivity index (χ1) is 8.50. The van der Waals surface area contributed by atoms with Crippen molar-refractivity contribution in [2.24, 2.45) is 5.92 Å². The highest BCUT2D eigenvalue weighted by atomic mass is 35.5. The monoisotopic (exact) mass is 267 g/mol. The predicted octanol–water partition coefficient (Wildman–Crippen LogP) is 3.31. The number of aromatic hydroxyl groups is 1. The fraction of sp³-hybridized carbons (Fsp3) is 0.500. The van der Waals surface area contributed by atoms with Gasteiger partial charge in [0.15, 0.2) is 0 Å². The smallest absolute Gasteiger partial charge is 0.254 e. The number of nitrogens with zero attached hydrogens (tertiary/aromatic N) is 1. The van der Waals surface area contributed by atoms with Crippen LogP contribution < -0.4 is 0 Å². The molecule has 0 saturated carbocycles. The van der Waals surface area contributed by atoms with Crippen LogP contribution in [0.5, 0.6) is 5.75 Å². The Balaban J connectivity index is 2.22. The van der Waals surface area contributed by atoms with E-state index in [9.17, 15) is 9.90 Å². The van der Waals surface area contributed by atoms with E-state index in [0.29, 0.717) is 17.5 Å². The predicted molar refractivity (Wildman–Crippen MR) is 72.0 cm³/mol. The van der Waals surface area contributed by atoms with Crippen LogP contribution in [0.4, 0.5) is 0 Å². The SMILES string of the molecule is CC(C)C1CCCN1C(=O)c1ccc(O)c(Cl)c1. The first kappa shape index (κ1) is 13.2. The molecule has 0 aromatic heterocycles. The second-order valence-corrected chi connectivity index (χ2v) is 5.53. The normalized spacial score (nSPS) is 19.6. The summed E-state index contributed by atoms with van der Waals surface area (Å²) in [5, 5.41) is 9.60. The van der Waals surface area contributed by atoms with Gasteiger partial charge in [0.05, 0.1) is 5.02 Å². The third kappa shape index (κ3) is 2.46. The zero-order valence-corrected chi connectivity index (χ0v) is 11.4. The van der Waals surface area contributed by atoms with Crippen LogP contribution in [-0.4, -0.2) is 28.5 Å². The summed E-state index contributed by atoms with van der Waals surface area (Å²) in [7, 11) is 0. The summed E-state index contributed by atoms with van der Waals surface area (Å²) < 4.78 is 0. The van der Waals surface area contributed by atoms with Gasteiger partial charge < -0.3 is 10.0 Å². The van der Waals surface area contributed by atoms with Crippen molar-refractivity contribution < 1.29 is 9.90 Å². The number of halogens is 1. The van der Waals surface area contributed by atoms with Gasteiger partial charge in [0, 0.05) is 18.2 Å². The third-order valence-electron chi connectivity index (χ3n) is 3.52. The van der Waals surface area contributed by atoms with Crippen molar-refractivity contribution in [2.75, 3.05) is 6.54 Å². The minimum Gasteiger partial charge on any atom is -0.506 e. The molecule has 1 saturated heterocycles. The number of benzene rings is 1. The summed E-state index contributed by atoms with van der Waals surface area (Å²) in [5.41, 5.74) is 0.547. The molecule has 0 spiro atoms. The molecular formula is C14H18ClNO2. The van der Waals surface area contributed by atoms with Crippen molar-refractivity contribution in [3.63, 3.8) is 0 Å². The van der Waals surface area contributed by atoms with E-state index in [0.717, 1.165) is 19.4 Å². The fourth-order valence-corrected chi connectivity index (χ4v) is 2.72. The average molecular weight is 268 g/mol. The van der Waals surface area contributed by atoms with Gasteiger partial charge in [-0.2, -0.15) is 0 Å². The second kappa shape index (κ2) is 5.19. The highest BCUT2D eigenvalue weighted by molar-refractivity contribution is 6.32. The number of hydrogen-bond acceptors (Lipinski definition) is 2. The maximum absolute atomic E-state index is 12.4. The Morgan fingerprint density at radius 3 is 2.83 bits per heavy atom. The van der Waals surface area contributed by atoms with Gasteiger partial charge in [-0.25, -0.2) is 0 Å². The molecule has 1 heterocycles. The maximum Gasteiger partial charge on any atom is 0.254 e. The molecule has 1 aliphatic heterocycles. The van der Waals surface area contributed by atoms with Gasteiger partial charge in [0.1, 0.15) is 5.75 Å². The van der Waals surface area contributed by atoms with Gasteiger partial charge >= 0.3 is 0 Å². The first-order valence-electron chi connectivity index (χ1n) is 6.30. The number of carbonyl (C=O) groups excluding carboxylic acids is 1. The fourth-order valence-electron chi connectivity index (χ4n) is 2.54. The molecular weight excluding hydrogens is 250 g/mol. The molecule has 1 aliphatic rings. The summed E-state index contributed by atoms with van der Waals surface area (Å²) >= 11 is 5.84. The maximum atomic E-state index is 12.4. The highest BCUT2D eigenvalue weighted by Gasteiger charge is 2.31. The first-order valence-corrected chi connectivity index (χ1v) is 6.68. The van der Waals surface area contributed by atoms with Gasteiger partial charge in [-0.3, -0.25) is 4.79 Å². The lowest BCUT2D eigenvalue weighted by Crippen LogP contribution is -2.38. The number of phenolic OH excluding ortho intramolecular Hbond substituents is 1. The summed E-state index contributed by atoms with van der Waals surface area (Å²) in [6, 6.07) is 4.94. The van der Waals surface area contributed by atoms with Crippen LogP contribution >= 0.6 is 11.6 Å². The van der Waals surface area contributed by atoms with Crippen LogP contribution in [0.25, 0.3) is 0 Å². The van der Waals surface area contributed by atoms with Crippen LogP contribution in [-0.2, 0) is 0 Å². The second-order valence-electron chi connectivity index (χ2n) is 5.12. The summed E-state index contributed by atoms with van der Waals surface area (Å²) in [5.74, 6) is 0.479. The van der Waals surface area contributed by atoms with Crippen LogP contribution in [0.3, 0.4) is 0 Å². The molecule has 1 atom stereocenters. The van der Waals surface area contributed by atoms with Crippen molar-refractivity contribution >= 4 is 17.5 Å². The average Bonchev–Trinajstić information content (AvgIpc) is 2.81. The molecule has 0 radical (unpaired) electrons. The quantitative estimate of drug-likeness (QED) is 0.893. The zero-order valence-electron chi connectivity index (χ0n) is 10.7. The number of rotatable bonds is 2. The van der Waals surface area contributed by atoms with E-state index < -0.39 is 0 Å². The molecule has 1 amide bonds. The molecule has 1 aromatic rings. The molecule has 1 N–H and O–H groups in total. The molecule has 1 aromatic carbocycles. The lowest BCUT2D eigenvalue weighted by Gasteiger charge is -2.27. The Kier molecular flexibility index (Phi) is 3.81. The minimum atomic E-state index is 0.00750. The largest absolute Gasteiger partial charge is 0.506 e. The van der Waals surface area contributed by atoms with E-state index in [1.165, 1.54) is 12.1 Å². The van der Waals surface area contributed by atoms with Crippen molar-refractivity contribution in [3.05, 3.63) is 28.8 Å². The van der Waals surface area contributed by atoms with E-state index >= 15 is 0 Å². The number of amides is 1. The summed E-state index contributed by atoms with van der Waals surface area (Å²) in [4.78, 5) is 14.3. The molecule has 18 heavy (non-hydrogen) atoms.